The first-order valence-electron chi connectivity index (χ1n) is 6.84. The first-order chi connectivity index (χ1) is 9.65. The van der Waals surface area contributed by atoms with E-state index in [-0.39, 0.29) is 5.02 Å². The van der Waals surface area contributed by atoms with Crippen LogP contribution >= 0.6 is 23.8 Å². The molecule has 2 heterocycles. The molecule has 1 aliphatic heterocycles. The highest BCUT2D eigenvalue weighted by molar-refractivity contribution is 7.71. The summed E-state index contributed by atoms with van der Waals surface area (Å²) in [6.07, 6.45) is 4.69. The van der Waals surface area contributed by atoms with Gasteiger partial charge < -0.3 is 14.3 Å². The standard InChI is InChI=1S/C14H16ClFN2OS/c15-10-7-13-12(8-11(10)16)17-14(20)18(13)5-4-9-3-1-2-6-19-9/h7-9H,1-6H2,(H,17,20). The summed E-state index contributed by atoms with van der Waals surface area (Å²) < 4.78 is 21.7. The molecule has 20 heavy (non-hydrogen) atoms. The maximum absolute atomic E-state index is 13.5. The number of hydrogen-bond acceptors (Lipinski definition) is 2. The number of nitrogens with one attached hydrogen (secondary N) is 1. The lowest BCUT2D eigenvalue weighted by atomic mass is 10.1. The first-order valence-corrected chi connectivity index (χ1v) is 7.63. The lowest BCUT2D eigenvalue weighted by molar-refractivity contribution is 0.00892. The van der Waals surface area contributed by atoms with E-state index in [2.05, 4.69) is 4.98 Å². The summed E-state index contributed by atoms with van der Waals surface area (Å²) in [5, 5.41) is 0.120. The quantitative estimate of drug-likeness (QED) is 0.848. The van der Waals surface area contributed by atoms with E-state index in [0.29, 0.717) is 16.4 Å². The van der Waals surface area contributed by atoms with Crippen LogP contribution in [0.2, 0.25) is 5.02 Å². The molecule has 3 nitrogen and oxygen atoms in total. The average molecular weight is 315 g/mol. The summed E-state index contributed by atoms with van der Waals surface area (Å²) in [4.78, 5) is 3.02. The Morgan fingerprint density at radius 1 is 1.45 bits per heavy atom. The zero-order valence-electron chi connectivity index (χ0n) is 11.0. The summed E-state index contributed by atoms with van der Waals surface area (Å²) in [5.74, 6) is -0.432. The van der Waals surface area contributed by atoms with Gasteiger partial charge in [0.05, 0.1) is 22.2 Å². The van der Waals surface area contributed by atoms with Crippen LogP contribution in [0.4, 0.5) is 4.39 Å². The molecule has 1 N–H and O–H groups in total. The number of halogens is 2. The third-order valence-corrected chi connectivity index (χ3v) is 4.38. The summed E-state index contributed by atoms with van der Waals surface area (Å²) in [6, 6.07) is 3.02. The van der Waals surface area contributed by atoms with E-state index in [9.17, 15) is 4.39 Å². The lowest BCUT2D eigenvalue weighted by Gasteiger charge is -2.22. The number of aromatic nitrogens is 2. The molecule has 6 heteroatoms. The zero-order valence-corrected chi connectivity index (χ0v) is 12.6. The number of ether oxygens (including phenoxy) is 1. The second-order valence-corrected chi connectivity index (χ2v) is 5.94. The first kappa shape index (κ1) is 14.0. The monoisotopic (exact) mass is 314 g/mol. The van der Waals surface area contributed by atoms with Crippen LogP contribution < -0.4 is 0 Å². The summed E-state index contributed by atoms with van der Waals surface area (Å²) in [7, 11) is 0. The van der Waals surface area contributed by atoms with Crippen molar-refractivity contribution in [2.75, 3.05) is 6.61 Å². The van der Waals surface area contributed by atoms with Crippen molar-refractivity contribution in [3.05, 3.63) is 27.7 Å². The van der Waals surface area contributed by atoms with Crippen LogP contribution in [0.5, 0.6) is 0 Å². The molecule has 0 aliphatic carbocycles. The number of aromatic amines is 1. The third-order valence-electron chi connectivity index (χ3n) is 3.76. The van der Waals surface area contributed by atoms with Crippen molar-refractivity contribution in [1.82, 2.24) is 9.55 Å². The predicted octanol–water partition coefficient (Wildman–Crippen LogP) is 4.45. The number of benzene rings is 1. The number of fused-ring (bicyclic) bond motifs is 1. The minimum atomic E-state index is -0.432. The average Bonchev–Trinajstić information content (AvgIpc) is 2.73. The minimum Gasteiger partial charge on any atom is -0.378 e. The van der Waals surface area contributed by atoms with Gasteiger partial charge >= 0.3 is 0 Å². The Labute approximate surface area is 126 Å². The van der Waals surface area contributed by atoms with Gasteiger partial charge in [0, 0.05) is 19.2 Å². The topological polar surface area (TPSA) is 29.9 Å². The highest BCUT2D eigenvalue weighted by Crippen LogP contribution is 2.24. The molecule has 0 saturated carbocycles. The van der Waals surface area contributed by atoms with E-state index in [4.69, 9.17) is 28.6 Å². The van der Waals surface area contributed by atoms with Crippen LogP contribution in [0.25, 0.3) is 11.0 Å². The summed E-state index contributed by atoms with van der Waals surface area (Å²) in [6.45, 7) is 1.60. The van der Waals surface area contributed by atoms with Crippen molar-refractivity contribution >= 4 is 34.9 Å². The number of nitrogens with zero attached hydrogens (tertiary/aromatic N) is 1. The van der Waals surface area contributed by atoms with Crippen molar-refractivity contribution in [2.45, 2.75) is 38.3 Å². The predicted molar refractivity (Wildman–Crippen MR) is 80.3 cm³/mol. The molecule has 3 rings (SSSR count). The molecule has 0 bridgehead atoms. The molecule has 0 radical (unpaired) electrons. The molecule has 1 aliphatic rings. The fourth-order valence-corrected chi connectivity index (χ4v) is 3.14. The van der Waals surface area contributed by atoms with Gasteiger partial charge in [0.25, 0.3) is 0 Å². The molecule has 108 valence electrons. The number of H-pyrrole nitrogens is 1. The number of imidazole rings is 1. The van der Waals surface area contributed by atoms with Gasteiger partial charge in [0.2, 0.25) is 0 Å². The second kappa shape index (κ2) is 5.84. The normalized spacial score (nSPS) is 19.6. The number of rotatable bonds is 3. The van der Waals surface area contributed by atoms with Crippen LogP contribution in [0.3, 0.4) is 0 Å². The third kappa shape index (κ3) is 2.75. The second-order valence-electron chi connectivity index (χ2n) is 5.14. The maximum atomic E-state index is 13.5. The Hall–Kier alpha value is -0.910. The molecular weight excluding hydrogens is 299 g/mol. The van der Waals surface area contributed by atoms with E-state index in [1.807, 2.05) is 4.57 Å². The van der Waals surface area contributed by atoms with Gasteiger partial charge in [-0.15, -0.1) is 0 Å². The fourth-order valence-electron chi connectivity index (χ4n) is 2.68. The Bertz CT molecular complexity index is 676. The van der Waals surface area contributed by atoms with E-state index in [1.165, 1.54) is 12.5 Å². The maximum Gasteiger partial charge on any atom is 0.178 e. The van der Waals surface area contributed by atoms with Gasteiger partial charge in [0.1, 0.15) is 5.82 Å². The Balaban J connectivity index is 1.85. The molecule has 0 amide bonds. The molecule has 1 aromatic carbocycles. The fraction of sp³-hybridized carbons (Fsp3) is 0.500. The molecule has 1 aromatic heterocycles. The van der Waals surface area contributed by atoms with E-state index < -0.39 is 5.82 Å². The largest absolute Gasteiger partial charge is 0.378 e. The van der Waals surface area contributed by atoms with Crippen LogP contribution in [0.15, 0.2) is 12.1 Å². The number of aryl methyl sites for hydroxylation is 1. The Morgan fingerprint density at radius 3 is 3.05 bits per heavy atom. The van der Waals surface area contributed by atoms with Crippen molar-refractivity contribution < 1.29 is 9.13 Å². The highest BCUT2D eigenvalue weighted by Gasteiger charge is 2.15. The van der Waals surface area contributed by atoms with Gasteiger partial charge in [-0.2, -0.15) is 0 Å². The van der Waals surface area contributed by atoms with Gasteiger partial charge in [-0.1, -0.05) is 11.6 Å². The van der Waals surface area contributed by atoms with Gasteiger partial charge in [-0.25, -0.2) is 4.39 Å². The molecule has 2 aromatic rings. The highest BCUT2D eigenvalue weighted by atomic mass is 35.5. The van der Waals surface area contributed by atoms with Gasteiger partial charge in [-0.3, -0.25) is 0 Å². The van der Waals surface area contributed by atoms with E-state index >= 15 is 0 Å². The molecule has 1 fully saturated rings. The van der Waals surface area contributed by atoms with Crippen LogP contribution in [0.1, 0.15) is 25.7 Å². The SMILES string of the molecule is Fc1cc2[nH]c(=S)n(CCC3CCCCO3)c2cc1Cl. The number of hydrogen-bond donors (Lipinski definition) is 1. The van der Waals surface area contributed by atoms with E-state index in [1.54, 1.807) is 6.07 Å². The van der Waals surface area contributed by atoms with Crippen molar-refractivity contribution in [2.24, 2.45) is 0 Å². The van der Waals surface area contributed by atoms with Crippen LogP contribution in [-0.4, -0.2) is 22.3 Å². The summed E-state index contributed by atoms with van der Waals surface area (Å²) >= 11 is 11.2. The molecule has 1 unspecified atom stereocenters. The lowest BCUT2D eigenvalue weighted by Crippen LogP contribution is -2.20. The van der Waals surface area contributed by atoms with Gasteiger partial charge in [-0.05, 0) is 44.0 Å². The van der Waals surface area contributed by atoms with Gasteiger partial charge in [0.15, 0.2) is 4.77 Å². The van der Waals surface area contributed by atoms with E-state index in [0.717, 1.165) is 37.9 Å². The van der Waals surface area contributed by atoms with Crippen molar-refractivity contribution in [3.63, 3.8) is 0 Å². The molecule has 0 spiro atoms. The van der Waals surface area contributed by atoms with Crippen molar-refractivity contribution in [3.8, 4) is 0 Å². The Kier molecular flexibility index (Phi) is 4.10. The smallest absolute Gasteiger partial charge is 0.178 e. The minimum absolute atomic E-state index is 0.120. The Morgan fingerprint density at radius 2 is 2.30 bits per heavy atom. The molecule has 1 saturated heterocycles. The molecule has 1 atom stereocenters. The van der Waals surface area contributed by atoms with Crippen molar-refractivity contribution in [1.29, 1.82) is 0 Å². The summed E-state index contributed by atoms with van der Waals surface area (Å²) in [5.41, 5.74) is 1.53. The van der Waals surface area contributed by atoms with Crippen LogP contribution in [0, 0.1) is 10.6 Å². The molecular formula is C14H16ClFN2OS. The van der Waals surface area contributed by atoms with Crippen LogP contribution in [-0.2, 0) is 11.3 Å². The zero-order chi connectivity index (χ0) is 14.1.